The summed E-state index contributed by atoms with van der Waals surface area (Å²) in [5, 5.41) is 3.26. The van der Waals surface area contributed by atoms with Crippen LogP contribution in [0, 0.1) is 5.92 Å². The average molecular weight is 455 g/mol. The summed E-state index contributed by atoms with van der Waals surface area (Å²) in [6.07, 6.45) is 2.67. The Morgan fingerprint density at radius 2 is 1.79 bits per heavy atom. The topological polar surface area (TPSA) is 80.2 Å². The van der Waals surface area contributed by atoms with Crippen molar-refractivity contribution in [2.24, 2.45) is 10.9 Å². The van der Waals surface area contributed by atoms with Crippen LogP contribution in [0.3, 0.4) is 0 Å². The summed E-state index contributed by atoms with van der Waals surface area (Å²) in [4.78, 5) is 29.4. The molecule has 1 aliphatic heterocycles. The number of aliphatic imine (C=N–C) groups is 1. The Labute approximate surface area is 161 Å². The summed E-state index contributed by atoms with van der Waals surface area (Å²) >= 11 is 0. The van der Waals surface area contributed by atoms with E-state index >= 15 is 0 Å². The number of piperidine rings is 1. The van der Waals surface area contributed by atoms with E-state index in [0.717, 1.165) is 31.9 Å². The minimum absolute atomic E-state index is 0. The van der Waals surface area contributed by atoms with E-state index in [-0.39, 0.29) is 41.8 Å². The van der Waals surface area contributed by atoms with Crippen LogP contribution in [0.5, 0.6) is 0 Å². The molecule has 7 nitrogen and oxygen atoms in total. The van der Waals surface area contributed by atoms with E-state index in [1.807, 2.05) is 6.92 Å². The van der Waals surface area contributed by atoms with Crippen LogP contribution in [0.4, 0.5) is 0 Å². The SMILES string of the molecule is CCOC(=O)CCCNC(=NC)N1CCC(C(=O)OCC)CC1.I. The van der Waals surface area contributed by atoms with Crippen molar-refractivity contribution in [2.75, 3.05) is 39.9 Å². The first-order valence-electron chi connectivity index (χ1n) is 8.40. The molecule has 0 atom stereocenters. The number of likely N-dealkylation sites (tertiary alicyclic amines) is 1. The summed E-state index contributed by atoms with van der Waals surface area (Å²) in [5.74, 6) is 0.549. The largest absolute Gasteiger partial charge is 0.466 e. The van der Waals surface area contributed by atoms with Gasteiger partial charge in [-0.2, -0.15) is 0 Å². The zero-order valence-corrected chi connectivity index (χ0v) is 17.2. The first-order chi connectivity index (χ1) is 11.1. The molecule has 140 valence electrons. The summed E-state index contributed by atoms with van der Waals surface area (Å²) in [5.41, 5.74) is 0. The van der Waals surface area contributed by atoms with Crippen molar-refractivity contribution in [3.8, 4) is 0 Å². The van der Waals surface area contributed by atoms with Gasteiger partial charge in [0.05, 0.1) is 19.1 Å². The molecule has 1 rings (SSSR count). The fourth-order valence-electron chi connectivity index (χ4n) is 2.59. The zero-order chi connectivity index (χ0) is 17.1. The van der Waals surface area contributed by atoms with E-state index in [0.29, 0.717) is 32.6 Å². The van der Waals surface area contributed by atoms with Crippen molar-refractivity contribution >= 4 is 41.9 Å². The van der Waals surface area contributed by atoms with Crippen molar-refractivity contribution in [3.05, 3.63) is 0 Å². The van der Waals surface area contributed by atoms with Gasteiger partial charge in [0.2, 0.25) is 0 Å². The molecule has 1 heterocycles. The predicted molar refractivity (Wildman–Crippen MR) is 104 cm³/mol. The van der Waals surface area contributed by atoms with Gasteiger partial charge in [-0.3, -0.25) is 14.6 Å². The monoisotopic (exact) mass is 455 g/mol. The Bertz CT molecular complexity index is 410. The Morgan fingerprint density at radius 1 is 1.17 bits per heavy atom. The van der Waals surface area contributed by atoms with E-state index in [2.05, 4.69) is 15.2 Å². The molecule has 0 aliphatic carbocycles. The van der Waals surface area contributed by atoms with Gasteiger partial charge in [0.25, 0.3) is 0 Å². The number of carbonyl (C=O) groups is 2. The summed E-state index contributed by atoms with van der Waals surface area (Å²) < 4.78 is 9.97. The number of nitrogens with zero attached hydrogens (tertiary/aromatic N) is 2. The molecule has 0 amide bonds. The van der Waals surface area contributed by atoms with Crippen LogP contribution in [-0.4, -0.2) is 62.7 Å². The van der Waals surface area contributed by atoms with Crippen LogP contribution in [-0.2, 0) is 19.1 Å². The van der Waals surface area contributed by atoms with Gasteiger partial charge in [0.15, 0.2) is 5.96 Å². The first kappa shape index (κ1) is 22.9. The molecule has 0 spiro atoms. The molecule has 8 heteroatoms. The number of rotatable bonds is 7. The third-order valence-electron chi connectivity index (χ3n) is 3.77. The number of nitrogens with one attached hydrogen (secondary N) is 1. The van der Waals surface area contributed by atoms with Crippen LogP contribution in [0.2, 0.25) is 0 Å². The van der Waals surface area contributed by atoms with Gasteiger partial charge in [-0.15, -0.1) is 24.0 Å². The van der Waals surface area contributed by atoms with E-state index in [4.69, 9.17) is 9.47 Å². The molecule has 0 aromatic heterocycles. The number of halogens is 1. The second-order valence-electron chi connectivity index (χ2n) is 5.40. The molecular weight excluding hydrogens is 425 g/mol. The third kappa shape index (κ3) is 8.16. The maximum absolute atomic E-state index is 11.7. The Morgan fingerprint density at radius 3 is 2.33 bits per heavy atom. The quantitative estimate of drug-likeness (QED) is 0.207. The highest BCUT2D eigenvalue weighted by Gasteiger charge is 2.27. The van der Waals surface area contributed by atoms with Crippen LogP contribution in [0.15, 0.2) is 4.99 Å². The average Bonchev–Trinajstić information content (AvgIpc) is 2.56. The van der Waals surface area contributed by atoms with Gasteiger partial charge >= 0.3 is 11.9 Å². The van der Waals surface area contributed by atoms with E-state index in [1.165, 1.54) is 0 Å². The molecule has 0 aromatic carbocycles. The first-order valence-corrected chi connectivity index (χ1v) is 8.40. The number of carbonyl (C=O) groups excluding carboxylic acids is 2. The van der Waals surface area contributed by atoms with Gasteiger partial charge in [-0.25, -0.2) is 0 Å². The lowest BCUT2D eigenvalue weighted by atomic mass is 9.97. The van der Waals surface area contributed by atoms with Crippen molar-refractivity contribution in [1.82, 2.24) is 10.2 Å². The molecule has 1 saturated heterocycles. The smallest absolute Gasteiger partial charge is 0.309 e. The second-order valence-corrected chi connectivity index (χ2v) is 5.40. The normalized spacial score (nSPS) is 15.5. The summed E-state index contributed by atoms with van der Waals surface area (Å²) in [6, 6.07) is 0. The lowest BCUT2D eigenvalue weighted by Crippen LogP contribution is -2.47. The van der Waals surface area contributed by atoms with Crippen LogP contribution in [0.1, 0.15) is 39.5 Å². The van der Waals surface area contributed by atoms with E-state index < -0.39 is 0 Å². The molecule has 1 N–H and O–H groups in total. The molecule has 0 bridgehead atoms. The van der Waals surface area contributed by atoms with Crippen molar-refractivity contribution < 1.29 is 19.1 Å². The molecule has 1 aliphatic rings. The molecule has 0 saturated carbocycles. The van der Waals surface area contributed by atoms with Gasteiger partial charge in [0.1, 0.15) is 0 Å². The lowest BCUT2D eigenvalue weighted by Gasteiger charge is -2.33. The molecule has 0 unspecified atom stereocenters. The highest BCUT2D eigenvalue weighted by molar-refractivity contribution is 14.0. The second kappa shape index (κ2) is 13.3. The highest BCUT2D eigenvalue weighted by Crippen LogP contribution is 2.18. The van der Waals surface area contributed by atoms with Crippen LogP contribution >= 0.6 is 24.0 Å². The summed E-state index contributed by atoms with van der Waals surface area (Å²) in [7, 11) is 1.74. The fourth-order valence-corrected chi connectivity index (χ4v) is 2.59. The fraction of sp³-hybridized carbons (Fsp3) is 0.812. The number of guanidine groups is 1. The minimum atomic E-state index is -0.167. The van der Waals surface area contributed by atoms with Gasteiger partial charge in [-0.05, 0) is 33.1 Å². The Kier molecular flexibility index (Phi) is 12.7. The number of esters is 2. The van der Waals surface area contributed by atoms with Crippen molar-refractivity contribution in [2.45, 2.75) is 39.5 Å². The zero-order valence-electron chi connectivity index (χ0n) is 14.9. The molecule has 0 aromatic rings. The van der Waals surface area contributed by atoms with Gasteiger partial charge in [-0.1, -0.05) is 0 Å². The van der Waals surface area contributed by atoms with Gasteiger partial charge in [0, 0.05) is 33.1 Å². The van der Waals surface area contributed by atoms with Crippen LogP contribution in [0.25, 0.3) is 0 Å². The Hall–Kier alpha value is -1.06. The summed E-state index contributed by atoms with van der Waals surface area (Å²) in [6.45, 7) is 6.71. The molecular formula is C16H30IN3O4. The number of ether oxygens (including phenoxy) is 2. The predicted octanol–water partition coefficient (Wildman–Crippen LogP) is 1.80. The van der Waals surface area contributed by atoms with E-state index in [1.54, 1.807) is 14.0 Å². The minimum Gasteiger partial charge on any atom is -0.466 e. The Balaban J connectivity index is 0.00000529. The van der Waals surface area contributed by atoms with Gasteiger partial charge < -0.3 is 19.7 Å². The van der Waals surface area contributed by atoms with Crippen molar-refractivity contribution in [3.63, 3.8) is 0 Å². The van der Waals surface area contributed by atoms with Crippen molar-refractivity contribution in [1.29, 1.82) is 0 Å². The lowest BCUT2D eigenvalue weighted by molar-refractivity contribution is -0.149. The maximum atomic E-state index is 11.7. The number of hydrogen-bond acceptors (Lipinski definition) is 5. The molecule has 24 heavy (non-hydrogen) atoms. The number of hydrogen-bond donors (Lipinski definition) is 1. The molecule has 1 fully saturated rings. The standard InChI is InChI=1S/C16H29N3O4.HI/c1-4-22-14(20)7-6-10-18-16(17-3)19-11-8-13(9-12-19)15(21)23-5-2;/h13H,4-12H2,1-3H3,(H,17,18);1H. The maximum Gasteiger partial charge on any atom is 0.309 e. The highest BCUT2D eigenvalue weighted by atomic mass is 127. The van der Waals surface area contributed by atoms with E-state index in [9.17, 15) is 9.59 Å². The van der Waals surface area contributed by atoms with Crippen LogP contribution < -0.4 is 5.32 Å². The molecule has 0 radical (unpaired) electrons. The third-order valence-corrected chi connectivity index (χ3v) is 3.77.